The number of benzene rings is 1. The summed E-state index contributed by atoms with van der Waals surface area (Å²) in [6.45, 7) is 0.625. The van der Waals surface area contributed by atoms with Crippen LogP contribution in [0.15, 0.2) is 45.9 Å². The highest BCUT2D eigenvalue weighted by molar-refractivity contribution is 9.10. The molecule has 0 aliphatic heterocycles. The minimum atomic E-state index is 0.100. The van der Waals surface area contributed by atoms with Gasteiger partial charge in [-0.15, -0.1) is 0 Å². The molecule has 0 radical (unpaired) electrons. The summed E-state index contributed by atoms with van der Waals surface area (Å²) in [7, 11) is 0. The van der Waals surface area contributed by atoms with Crippen molar-refractivity contribution in [3.05, 3.63) is 57.2 Å². The van der Waals surface area contributed by atoms with E-state index in [0.717, 1.165) is 22.9 Å². The molecule has 0 bridgehead atoms. The Balaban J connectivity index is 1.91. The fourth-order valence-corrected chi connectivity index (χ4v) is 2.40. The van der Waals surface area contributed by atoms with E-state index in [1.54, 1.807) is 4.57 Å². The molecule has 3 nitrogen and oxygen atoms in total. The van der Waals surface area contributed by atoms with Gasteiger partial charge in [0.25, 0.3) is 0 Å². The van der Waals surface area contributed by atoms with Crippen LogP contribution in [0.1, 0.15) is 24.4 Å². The van der Waals surface area contributed by atoms with E-state index in [1.807, 2.05) is 41.2 Å². The van der Waals surface area contributed by atoms with Gasteiger partial charge in [0, 0.05) is 22.9 Å². The quantitative estimate of drug-likeness (QED) is 0.855. The summed E-state index contributed by atoms with van der Waals surface area (Å²) in [5.74, 6) is 0. The van der Waals surface area contributed by atoms with Crippen LogP contribution >= 0.6 is 15.9 Å². The Hall–Kier alpha value is -1.29. The third-order valence-electron chi connectivity index (χ3n) is 3.11. The highest BCUT2D eigenvalue weighted by Gasteiger charge is 2.25. The van der Waals surface area contributed by atoms with Crippen molar-refractivity contribution in [2.24, 2.45) is 0 Å². The van der Waals surface area contributed by atoms with Crippen molar-refractivity contribution in [2.45, 2.75) is 25.4 Å². The van der Waals surface area contributed by atoms with E-state index in [4.69, 9.17) is 0 Å². The van der Waals surface area contributed by atoms with Crippen LogP contribution in [0.5, 0.6) is 0 Å². The summed E-state index contributed by atoms with van der Waals surface area (Å²) in [5.41, 5.74) is 1.23. The monoisotopic (exact) mass is 292 g/mol. The standard InChI is InChI=1S/C13H13BrN2O/c14-12-4-2-1-3-10(12)9-15-7-8-16(13(15)17)11-5-6-11/h1-4,7-8,11H,5-6,9H2. The average molecular weight is 293 g/mol. The van der Waals surface area contributed by atoms with E-state index in [9.17, 15) is 4.79 Å². The lowest BCUT2D eigenvalue weighted by molar-refractivity contribution is 0.655. The normalized spacial score (nSPS) is 15.1. The smallest absolute Gasteiger partial charge is 0.296 e. The largest absolute Gasteiger partial charge is 0.328 e. The summed E-state index contributed by atoms with van der Waals surface area (Å²) >= 11 is 3.50. The van der Waals surface area contributed by atoms with Gasteiger partial charge >= 0.3 is 5.69 Å². The molecule has 1 aromatic heterocycles. The number of hydrogen-bond donors (Lipinski definition) is 0. The van der Waals surface area contributed by atoms with Crippen LogP contribution in [0, 0.1) is 0 Å². The number of halogens is 1. The minimum Gasteiger partial charge on any atom is -0.296 e. The van der Waals surface area contributed by atoms with Crippen LogP contribution in [0.4, 0.5) is 0 Å². The number of rotatable bonds is 3. The molecular weight excluding hydrogens is 280 g/mol. The maximum absolute atomic E-state index is 12.1. The van der Waals surface area contributed by atoms with Crippen LogP contribution in [-0.4, -0.2) is 9.13 Å². The maximum Gasteiger partial charge on any atom is 0.328 e. The van der Waals surface area contributed by atoms with Gasteiger partial charge in [0.15, 0.2) is 0 Å². The van der Waals surface area contributed by atoms with Crippen molar-refractivity contribution in [3.8, 4) is 0 Å². The third kappa shape index (κ3) is 2.09. The van der Waals surface area contributed by atoms with Gasteiger partial charge in [0.05, 0.1) is 6.54 Å². The Morgan fingerprint density at radius 1 is 1.24 bits per heavy atom. The Morgan fingerprint density at radius 3 is 2.71 bits per heavy atom. The molecule has 17 heavy (non-hydrogen) atoms. The predicted octanol–water partition coefficient (Wildman–Crippen LogP) is 2.80. The van der Waals surface area contributed by atoms with Gasteiger partial charge in [-0.3, -0.25) is 9.13 Å². The van der Waals surface area contributed by atoms with Crippen LogP contribution in [-0.2, 0) is 6.54 Å². The Morgan fingerprint density at radius 2 is 2.00 bits per heavy atom. The molecule has 0 atom stereocenters. The molecule has 1 aliphatic carbocycles. The summed E-state index contributed by atoms with van der Waals surface area (Å²) in [4.78, 5) is 12.1. The average Bonchev–Trinajstić information content (AvgIpc) is 3.09. The molecule has 0 saturated heterocycles. The van der Waals surface area contributed by atoms with Crippen molar-refractivity contribution in [2.75, 3.05) is 0 Å². The highest BCUT2D eigenvalue weighted by atomic mass is 79.9. The lowest BCUT2D eigenvalue weighted by Gasteiger charge is -2.04. The number of aromatic nitrogens is 2. The van der Waals surface area contributed by atoms with Gasteiger partial charge in [-0.1, -0.05) is 34.1 Å². The molecule has 0 spiro atoms. The Labute approximate surface area is 108 Å². The summed E-state index contributed by atoms with van der Waals surface area (Å²) in [6.07, 6.45) is 6.05. The predicted molar refractivity (Wildman–Crippen MR) is 70.2 cm³/mol. The number of imidazole rings is 1. The fraction of sp³-hybridized carbons (Fsp3) is 0.308. The lowest BCUT2D eigenvalue weighted by atomic mass is 10.2. The van der Waals surface area contributed by atoms with Gasteiger partial charge in [0.2, 0.25) is 0 Å². The molecule has 2 aromatic rings. The molecule has 88 valence electrons. The maximum atomic E-state index is 12.1. The van der Waals surface area contributed by atoms with Crippen molar-refractivity contribution in [1.29, 1.82) is 0 Å². The first-order valence-electron chi connectivity index (χ1n) is 5.76. The molecule has 4 heteroatoms. The third-order valence-corrected chi connectivity index (χ3v) is 3.89. The molecule has 0 unspecified atom stereocenters. The van der Waals surface area contributed by atoms with Crippen molar-refractivity contribution in [3.63, 3.8) is 0 Å². The van der Waals surface area contributed by atoms with E-state index in [0.29, 0.717) is 12.6 Å². The second-order valence-electron chi connectivity index (χ2n) is 4.44. The summed E-state index contributed by atoms with van der Waals surface area (Å²) in [6, 6.07) is 8.45. The van der Waals surface area contributed by atoms with Gasteiger partial charge in [-0.05, 0) is 24.5 Å². The topological polar surface area (TPSA) is 26.9 Å². The van der Waals surface area contributed by atoms with Gasteiger partial charge in [-0.2, -0.15) is 0 Å². The van der Waals surface area contributed by atoms with Crippen molar-refractivity contribution >= 4 is 15.9 Å². The van der Waals surface area contributed by atoms with Crippen LogP contribution in [0.25, 0.3) is 0 Å². The Bertz CT molecular complexity index is 595. The van der Waals surface area contributed by atoms with Crippen LogP contribution < -0.4 is 5.69 Å². The van der Waals surface area contributed by atoms with E-state index in [-0.39, 0.29) is 5.69 Å². The molecule has 1 fully saturated rings. The number of hydrogen-bond acceptors (Lipinski definition) is 1. The molecule has 3 rings (SSSR count). The van der Waals surface area contributed by atoms with Crippen molar-refractivity contribution < 1.29 is 0 Å². The zero-order valence-electron chi connectivity index (χ0n) is 9.34. The van der Waals surface area contributed by atoms with Gasteiger partial charge in [-0.25, -0.2) is 4.79 Å². The second-order valence-corrected chi connectivity index (χ2v) is 5.29. The molecule has 1 heterocycles. The first-order chi connectivity index (χ1) is 8.25. The van der Waals surface area contributed by atoms with E-state index >= 15 is 0 Å². The number of nitrogens with zero attached hydrogens (tertiary/aromatic N) is 2. The highest BCUT2D eigenvalue weighted by Crippen LogP contribution is 2.33. The fourth-order valence-electron chi connectivity index (χ4n) is 1.99. The molecule has 1 saturated carbocycles. The molecule has 1 aromatic carbocycles. The minimum absolute atomic E-state index is 0.100. The van der Waals surface area contributed by atoms with Crippen molar-refractivity contribution in [1.82, 2.24) is 9.13 Å². The van der Waals surface area contributed by atoms with Crippen LogP contribution in [0.3, 0.4) is 0 Å². The molecule has 1 aliphatic rings. The van der Waals surface area contributed by atoms with E-state index in [2.05, 4.69) is 15.9 Å². The van der Waals surface area contributed by atoms with E-state index in [1.165, 1.54) is 0 Å². The first-order valence-corrected chi connectivity index (χ1v) is 6.55. The Kier molecular flexibility index (Phi) is 2.67. The SMILES string of the molecule is O=c1n(Cc2ccccc2Br)ccn1C1CC1. The molecular formula is C13H13BrN2O. The first kappa shape index (κ1) is 10.8. The second kappa shape index (κ2) is 4.18. The summed E-state index contributed by atoms with van der Waals surface area (Å²) in [5, 5.41) is 0. The van der Waals surface area contributed by atoms with Crippen LogP contribution in [0.2, 0.25) is 0 Å². The lowest BCUT2D eigenvalue weighted by Crippen LogP contribution is -2.23. The summed E-state index contributed by atoms with van der Waals surface area (Å²) < 4.78 is 4.65. The van der Waals surface area contributed by atoms with E-state index < -0.39 is 0 Å². The van der Waals surface area contributed by atoms with Gasteiger partial charge < -0.3 is 0 Å². The van der Waals surface area contributed by atoms with Gasteiger partial charge in [0.1, 0.15) is 0 Å². The molecule has 0 amide bonds. The molecule has 0 N–H and O–H groups in total. The zero-order valence-corrected chi connectivity index (χ0v) is 10.9. The zero-order chi connectivity index (χ0) is 11.8.